The molecule has 0 saturated carbocycles. The van der Waals surface area contributed by atoms with Crippen molar-refractivity contribution in [3.05, 3.63) is 88.9 Å². The van der Waals surface area contributed by atoms with Gasteiger partial charge >= 0.3 is 0 Å². The number of hydrogen-bond acceptors (Lipinski definition) is 7. The molecule has 4 rings (SSSR count). The first-order chi connectivity index (χ1) is 14.4. The molecule has 0 aliphatic carbocycles. The molecule has 6 nitrogen and oxygen atoms in total. The molecule has 9 heteroatoms. The zero-order valence-corrected chi connectivity index (χ0v) is 17.7. The third-order valence-corrected chi connectivity index (χ3v) is 7.09. The molecule has 0 atom stereocenters. The minimum absolute atomic E-state index is 0.0314. The van der Waals surface area contributed by atoms with Crippen LogP contribution in [-0.2, 0) is 9.84 Å². The lowest BCUT2D eigenvalue weighted by atomic mass is 10.3. The number of para-hydroxylation sites is 1. The number of nitrogens with zero attached hydrogens (tertiary/aromatic N) is 2. The minimum Gasteiger partial charge on any atom is -0.283 e. The van der Waals surface area contributed by atoms with Gasteiger partial charge in [0.2, 0.25) is 14.9 Å². The van der Waals surface area contributed by atoms with Crippen LogP contribution in [0, 0.1) is 0 Å². The summed E-state index contributed by atoms with van der Waals surface area (Å²) in [5, 5.41) is 3.90. The maximum atomic E-state index is 13.2. The van der Waals surface area contributed by atoms with E-state index in [4.69, 9.17) is 11.6 Å². The van der Waals surface area contributed by atoms with Crippen LogP contribution in [0.15, 0.2) is 88.9 Å². The van der Waals surface area contributed by atoms with Gasteiger partial charge in [-0.25, -0.2) is 13.4 Å². The lowest BCUT2D eigenvalue weighted by Crippen LogP contribution is -2.26. The molecule has 0 bridgehead atoms. The fourth-order valence-corrected chi connectivity index (χ4v) is 4.99. The Kier molecular flexibility index (Phi) is 5.63. The SMILES string of the molecule is O=C(/C(=N\Nc1ccc(Cl)cc1)S(=O)(=O)c1ccccc1)c1nc2ccccc2s1. The summed E-state index contributed by atoms with van der Waals surface area (Å²) in [5.74, 6) is -0.776. The molecule has 1 N–H and O–H groups in total. The van der Waals surface area contributed by atoms with Gasteiger partial charge < -0.3 is 0 Å². The van der Waals surface area contributed by atoms with E-state index in [9.17, 15) is 13.2 Å². The molecule has 30 heavy (non-hydrogen) atoms. The van der Waals surface area contributed by atoms with E-state index >= 15 is 0 Å². The van der Waals surface area contributed by atoms with Crippen LogP contribution >= 0.6 is 22.9 Å². The van der Waals surface area contributed by atoms with E-state index in [-0.39, 0.29) is 9.90 Å². The summed E-state index contributed by atoms with van der Waals surface area (Å²) in [7, 11) is -4.19. The normalized spacial score (nSPS) is 12.1. The van der Waals surface area contributed by atoms with Crippen molar-refractivity contribution in [1.82, 2.24) is 4.98 Å². The van der Waals surface area contributed by atoms with E-state index in [0.29, 0.717) is 16.2 Å². The first-order valence-electron chi connectivity index (χ1n) is 8.75. The van der Waals surface area contributed by atoms with Crippen LogP contribution in [0.5, 0.6) is 0 Å². The Bertz CT molecular complexity index is 1320. The number of aromatic nitrogens is 1. The maximum Gasteiger partial charge on any atom is 0.253 e. The zero-order valence-electron chi connectivity index (χ0n) is 15.3. The number of fused-ring (bicyclic) bond motifs is 1. The Balaban J connectivity index is 1.79. The Morgan fingerprint density at radius 3 is 2.30 bits per heavy atom. The van der Waals surface area contributed by atoms with Gasteiger partial charge in [0, 0.05) is 5.02 Å². The number of sulfone groups is 1. The predicted octanol–water partition coefficient (Wildman–Crippen LogP) is 5.03. The van der Waals surface area contributed by atoms with Crippen molar-refractivity contribution in [2.45, 2.75) is 4.90 Å². The highest BCUT2D eigenvalue weighted by atomic mass is 35.5. The molecule has 0 amide bonds. The number of thiazole rings is 1. The summed E-state index contributed by atoms with van der Waals surface area (Å²) in [6, 6.07) is 21.4. The van der Waals surface area contributed by atoms with Crippen LogP contribution in [0.2, 0.25) is 5.02 Å². The zero-order chi connectivity index (χ0) is 21.1. The van der Waals surface area contributed by atoms with Crippen LogP contribution in [0.3, 0.4) is 0 Å². The largest absolute Gasteiger partial charge is 0.283 e. The van der Waals surface area contributed by atoms with Crippen molar-refractivity contribution >= 4 is 59.5 Å². The van der Waals surface area contributed by atoms with Crippen molar-refractivity contribution < 1.29 is 13.2 Å². The van der Waals surface area contributed by atoms with Gasteiger partial charge in [-0.1, -0.05) is 41.9 Å². The van der Waals surface area contributed by atoms with Gasteiger partial charge in [-0.15, -0.1) is 11.3 Å². The highest BCUT2D eigenvalue weighted by Gasteiger charge is 2.32. The third kappa shape index (κ3) is 4.11. The molecule has 0 unspecified atom stereocenters. The molecule has 0 fully saturated rings. The van der Waals surface area contributed by atoms with Gasteiger partial charge in [-0.05, 0) is 48.5 Å². The number of hydrazone groups is 1. The lowest BCUT2D eigenvalue weighted by Gasteiger charge is -2.07. The van der Waals surface area contributed by atoms with Gasteiger partial charge in [0.25, 0.3) is 5.78 Å². The lowest BCUT2D eigenvalue weighted by molar-refractivity contribution is 0.106. The van der Waals surface area contributed by atoms with Crippen LogP contribution in [-0.4, -0.2) is 24.2 Å². The Hall–Kier alpha value is -3.07. The molecule has 0 spiro atoms. The Labute approximate surface area is 181 Å². The molecule has 4 aromatic rings. The number of nitrogens with one attached hydrogen (secondary N) is 1. The summed E-state index contributed by atoms with van der Waals surface area (Å²) in [5.41, 5.74) is 3.74. The maximum absolute atomic E-state index is 13.2. The summed E-state index contributed by atoms with van der Waals surface area (Å²) >= 11 is 6.99. The highest BCUT2D eigenvalue weighted by Crippen LogP contribution is 2.24. The molecule has 0 aliphatic heterocycles. The Morgan fingerprint density at radius 1 is 0.933 bits per heavy atom. The smallest absolute Gasteiger partial charge is 0.253 e. The molecule has 1 heterocycles. The molecule has 0 radical (unpaired) electrons. The van der Waals surface area contributed by atoms with Crippen LogP contribution in [0.4, 0.5) is 5.69 Å². The number of Topliss-reactive ketones (excluding diaryl/α,β-unsaturated/α-hetero) is 1. The number of benzene rings is 3. The number of carbonyl (C=O) groups is 1. The first kappa shape index (κ1) is 20.2. The topological polar surface area (TPSA) is 88.5 Å². The second kappa shape index (κ2) is 8.35. The van der Waals surface area contributed by atoms with Gasteiger partial charge in [0.05, 0.1) is 20.8 Å². The number of ketones is 1. The molecule has 0 saturated heterocycles. The van der Waals surface area contributed by atoms with Crippen molar-refractivity contribution in [2.24, 2.45) is 5.10 Å². The molecule has 150 valence electrons. The van der Waals surface area contributed by atoms with Crippen molar-refractivity contribution in [3.63, 3.8) is 0 Å². The van der Waals surface area contributed by atoms with E-state index < -0.39 is 20.7 Å². The van der Waals surface area contributed by atoms with Crippen molar-refractivity contribution in [3.8, 4) is 0 Å². The van der Waals surface area contributed by atoms with E-state index in [0.717, 1.165) is 16.0 Å². The second-order valence-electron chi connectivity index (χ2n) is 6.17. The second-order valence-corrected chi connectivity index (χ2v) is 9.50. The average molecular weight is 456 g/mol. The van der Waals surface area contributed by atoms with Crippen LogP contribution in [0.25, 0.3) is 10.2 Å². The predicted molar refractivity (Wildman–Crippen MR) is 120 cm³/mol. The van der Waals surface area contributed by atoms with E-state index in [2.05, 4.69) is 15.5 Å². The molecular formula is C21H14ClN3O3S2. The summed E-state index contributed by atoms with van der Waals surface area (Å²) in [6.45, 7) is 0. The van der Waals surface area contributed by atoms with Crippen molar-refractivity contribution in [1.29, 1.82) is 0 Å². The highest BCUT2D eigenvalue weighted by molar-refractivity contribution is 8.08. The van der Waals surface area contributed by atoms with E-state index in [1.807, 2.05) is 12.1 Å². The monoisotopic (exact) mass is 455 g/mol. The third-order valence-electron chi connectivity index (χ3n) is 4.12. The van der Waals surface area contributed by atoms with Crippen LogP contribution in [0.1, 0.15) is 9.80 Å². The molecule has 0 aliphatic rings. The summed E-state index contributed by atoms with van der Waals surface area (Å²) < 4.78 is 27.2. The molecule has 3 aromatic carbocycles. The quantitative estimate of drug-likeness (QED) is 0.197. The summed E-state index contributed by atoms with van der Waals surface area (Å²) in [6.07, 6.45) is 0. The van der Waals surface area contributed by atoms with E-state index in [1.165, 1.54) is 12.1 Å². The summed E-state index contributed by atoms with van der Waals surface area (Å²) in [4.78, 5) is 17.4. The number of hydrogen-bond donors (Lipinski definition) is 1. The number of rotatable bonds is 5. The minimum atomic E-state index is -4.19. The van der Waals surface area contributed by atoms with Gasteiger partial charge in [-0.3, -0.25) is 10.2 Å². The van der Waals surface area contributed by atoms with Crippen LogP contribution < -0.4 is 5.43 Å². The number of carbonyl (C=O) groups excluding carboxylic acids is 1. The van der Waals surface area contributed by atoms with E-state index in [1.54, 1.807) is 54.6 Å². The van der Waals surface area contributed by atoms with Gasteiger partial charge in [0.15, 0.2) is 5.01 Å². The first-order valence-corrected chi connectivity index (χ1v) is 11.4. The number of anilines is 1. The standard InChI is InChI=1S/C21H14ClN3O3S2/c22-14-10-12-15(13-11-14)24-25-21(30(27,28)16-6-2-1-3-7-16)19(26)20-23-17-8-4-5-9-18(17)29-20/h1-13,24H/b25-21+. The Morgan fingerprint density at radius 2 is 1.60 bits per heavy atom. The van der Waals surface area contributed by atoms with Crippen molar-refractivity contribution in [2.75, 3.05) is 5.43 Å². The fraction of sp³-hybridized carbons (Fsp3) is 0. The fourth-order valence-electron chi connectivity index (χ4n) is 2.64. The average Bonchev–Trinajstić information content (AvgIpc) is 3.20. The molecular weight excluding hydrogens is 442 g/mol. The molecule has 1 aromatic heterocycles. The van der Waals surface area contributed by atoms with Gasteiger partial charge in [-0.2, -0.15) is 5.10 Å². The van der Waals surface area contributed by atoms with Gasteiger partial charge in [0.1, 0.15) is 0 Å². The number of halogens is 1.